The third kappa shape index (κ3) is 3.55. The number of fused-ring (bicyclic) bond motifs is 1. The summed E-state index contributed by atoms with van der Waals surface area (Å²) >= 11 is 0. The van der Waals surface area contributed by atoms with Crippen molar-refractivity contribution in [2.24, 2.45) is 5.73 Å². The first-order valence-corrected chi connectivity index (χ1v) is 6.92. The van der Waals surface area contributed by atoms with Crippen molar-refractivity contribution in [1.29, 1.82) is 0 Å². The van der Waals surface area contributed by atoms with Crippen LogP contribution in [0.15, 0.2) is 18.2 Å². The number of hydrogen-bond acceptors (Lipinski definition) is 3. The molecule has 1 atom stereocenters. The molecule has 1 unspecified atom stereocenters. The van der Waals surface area contributed by atoms with Gasteiger partial charge in [-0.15, -0.1) is 0 Å². The highest BCUT2D eigenvalue weighted by Crippen LogP contribution is 2.24. The van der Waals surface area contributed by atoms with E-state index in [0.717, 1.165) is 31.6 Å². The summed E-state index contributed by atoms with van der Waals surface area (Å²) in [6, 6.07) is 6.81. The number of amides is 1. The van der Waals surface area contributed by atoms with Gasteiger partial charge in [-0.05, 0) is 50.6 Å². The lowest BCUT2D eigenvalue weighted by molar-refractivity contribution is -0.116. The van der Waals surface area contributed by atoms with Gasteiger partial charge in [0.05, 0.1) is 0 Å². The van der Waals surface area contributed by atoms with E-state index in [4.69, 9.17) is 5.73 Å². The minimum absolute atomic E-state index is 0.119. The summed E-state index contributed by atoms with van der Waals surface area (Å²) < 4.78 is 0. The number of carbonyl (C=O) groups excluding carboxylic acids is 1. The van der Waals surface area contributed by atoms with E-state index < -0.39 is 0 Å². The summed E-state index contributed by atoms with van der Waals surface area (Å²) in [5, 5.41) is 2.91. The molecule has 0 saturated heterocycles. The molecule has 1 heterocycles. The molecule has 2 rings (SSSR count). The van der Waals surface area contributed by atoms with Gasteiger partial charge in [0.2, 0.25) is 5.91 Å². The van der Waals surface area contributed by atoms with Crippen LogP contribution < -0.4 is 11.1 Å². The maximum Gasteiger partial charge on any atom is 0.224 e. The highest BCUT2D eigenvalue weighted by Gasteiger charge is 2.15. The number of nitrogens with zero attached hydrogens (tertiary/aromatic N) is 1. The first-order valence-electron chi connectivity index (χ1n) is 6.92. The van der Waals surface area contributed by atoms with Gasteiger partial charge >= 0.3 is 0 Å². The molecule has 0 radical (unpaired) electrons. The SMILES string of the molecule is CC(CCN)N(C)Cc1ccc2c(c1)CCC(=O)N2. The maximum absolute atomic E-state index is 11.3. The molecule has 1 amide bonds. The molecule has 0 saturated carbocycles. The Balaban J connectivity index is 2.04. The van der Waals surface area contributed by atoms with Gasteiger partial charge < -0.3 is 11.1 Å². The van der Waals surface area contributed by atoms with Gasteiger partial charge in [-0.3, -0.25) is 9.69 Å². The molecule has 0 fully saturated rings. The normalized spacial score (nSPS) is 16.1. The summed E-state index contributed by atoms with van der Waals surface area (Å²) in [6.07, 6.45) is 2.45. The lowest BCUT2D eigenvalue weighted by Gasteiger charge is -2.25. The monoisotopic (exact) mass is 261 g/mol. The minimum Gasteiger partial charge on any atom is -0.330 e. The van der Waals surface area contributed by atoms with Crippen LogP contribution in [0.4, 0.5) is 5.69 Å². The number of anilines is 1. The molecule has 0 aromatic heterocycles. The summed E-state index contributed by atoms with van der Waals surface area (Å²) in [4.78, 5) is 13.6. The van der Waals surface area contributed by atoms with E-state index in [1.807, 2.05) is 6.07 Å². The molecule has 19 heavy (non-hydrogen) atoms. The predicted octanol–water partition coefficient (Wildman–Crippen LogP) is 1.74. The summed E-state index contributed by atoms with van der Waals surface area (Å²) in [7, 11) is 2.13. The third-order valence-electron chi connectivity index (χ3n) is 3.83. The predicted molar refractivity (Wildman–Crippen MR) is 78.0 cm³/mol. The fourth-order valence-corrected chi connectivity index (χ4v) is 2.44. The zero-order chi connectivity index (χ0) is 13.8. The number of carbonyl (C=O) groups is 1. The van der Waals surface area contributed by atoms with Gasteiger partial charge in [0, 0.05) is 24.7 Å². The van der Waals surface area contributed by atoms with Crippen LogP contribution in [-0.4, -0.2) is 30.4 Å². The Morgan fingerprint density at radius 3 is 2.95 bits per heavy atom. The fraction of sp³-hybridized carbons (Fsp3) is 0.533. The van der Waals surface area contributed by atoms with E-state index in [-0.39, 0.29) is 5.91 Å². The van der Waals surface area contributed by atoms with E-state index >= 15 is 0 Å². The molecule has 0 bridgehead atoms. The lowest BCUT2D eigenvalue weighted by Crippen LogP contribution is -2.30. The van der Waals surface area contributed by atoms with E-state index in [0.29, 0.717) is 12.5 Å². The number of rotatable bonds is 5. The molecule has 1 aliphatic rings. The van der Waals surface area contributed by atoms with Gasteiger partial charge in [0.1, 0.15) is 0 Å². The van der Waals surface area contributed by atoms with E-state index in [9.17, 15) is 4.79 Å². The molecular formula is C15H23N3O. The van der Waals surface area contributed by atoms with Crippen LogP contribution >= 0.6 is 0 Å². The molecular weight excluding hydrogens is 238 g/mol. The Labute approximate surface area is 115 Å². The van der Waals surface area contributed by atoms with E-state index in [1.54, 1.807) is 0 Å². The van der Waals surface area contributed by atoms with E-state index in [2.05, 4.69) is 36.3 Å². The molecule has 3 N–H and O–H groups in total. The molecule has 1 aromatic rings. The van der Waals surface area contributed by atoms with Crippen molar-refractivity contribution in [3.8, 4) is 0 Å². The molecule has 0 spiro atoms. The topological polar surface area (TPSA) is 58.4 Å². The average molecular weight is 261 g/mol. The molecule has 104 valence electrons. The number of nitrogens with one attached hydrogen (secondary N) is 1. The largest absolute Gasteiger partial charge is 0.330 e. The van der Waals surface area contributed by atoms with E-state index in [1.165, 1.54) is 11.1 Å². The highest BCUT2D eigenvalue weighted by molar-refractivity contribution is 5.93. The van der Waals surface area contributed by atoms with Crippen molar-refractivity contribution in [2.45, 2.75) is 38.8 Å². The van der Waals surface area contributed by atoms with Gasteiger partial charge in [0.25, 0.3) is 0 Å². The average Bonchev–Trinajstić information content (AvgIpc) is 2.39. The number of nitrogens with two attached hydrogens (primary N) is 1. The second-order valence-electron chi connectivity index (χ2n) is 5.38. The fourth-order valence-electron chi connectivity index (χ4n) is 2.44. The standard InChI is InChI=1S/C15H23N3O/c1-11(7-8-16)18(2)10-12-3-5-14-13(9-12)4-6-15(19)17-14/h3,5,9,11H,4,6-8,10,16H2,1-2H3,(H,17,19). The molecule has 1 aromatic carbocycles. The molecule has 1 aliphatic heterocycles. The first kappa shape index (κ1) is 14.0. The van der Waals surface area contributed by atoms with Crippen molar-refractivity contribution in [1.82, 2.24) is 4.90 Å². The molecule has 0 aliphatic carbocycles. The zero-order valence-corrected chi connectivity index (χ0v) is 11.8. The lowest BCUT2D eigenvalue weighted by atomic mass is 10.00. The van der Waals surface area contributed by atoms with Crippen LogP contribution in [0.25, 0.3) is 0 Å². The Morgan fingerprint density at radius 1 is 1.42 bits per heavy atom. The molecule has 4 heteroatoms. The number of benzene rings is 1. The Kier molecular flexibility index (Phi) is 4.56. The second kappa shape index (κ2) is 6.17. The van der Waals surface area contributed by atoms with Gasteiger partial charge in [-0.1, -0.05) is 12.1 Å². The van der Waals surface area contributed by atoms with Crippen LogP contribution in [-0.2, 0) is 17.8 Å². The van der Waals surface area contributed by atoms with Crippen molar-refractivity contribution in [3.63, 3.8) is 0 Å². The van der Waals surface area contributed by atoms with Gasteiger partial charge in [-0.25, -0.2) is 0 Å². The Bertz CT molecular complexity index is 459. The number of hydrogen-bond donors (Lipinski definition) is 2. The maximum atomic E-state index is 11.3. The van der Waals surface area contributed by atoms with Crippen molar-refractivity contribution < 1.29 is 4.79 Å². The smallest absolute Gasteiger partial charge is 0.224 e. The summed E-state index contributed by atoms with van der Waals surface area (Å²) in [6.45, 7) is 3.84. The van der Waals surface area contributed by atoms with Crippen LogP contribution in [0.3, 0.4) is 0 Å². The van der Waals surface area contributed by atoms with Crippen LogP contribution in [0.5, 0.6) is 0 Å². The first-order chi connectivity index (χ1) is 9.10. The van der Waals surface area contributed by atoms with Crippen LogP contribution in [0.1, 0.15) is 30.9 Å². The van der Waals surface area contributed by atoms with Crippen molar-refractivity contribution in [2.75, 3.05) is 18.9 Å². The molecule has 4 nitrogen and oxygen atoms in total. The minimum atomic E-state index is 0.119. The quantitative estimate of drug-likeness (QED) is 0.849. The van der Waals surface area contributed by atoms with Crippen molar-refractivity contribution >= 4 is 11.6 Å². The Morgan fingerprint density at radius 2 is 2.21 bits per heavy atom. The van der Waals surface area contributed by atoms with Crippen LogP contribution in [0, 0.1) is 0 Å². The second-order valence-corrected chi connectivity index (χ2v) is 5.38. The highest BCUT2D eigenvalue weighted by atomic mass is 16.1. The van der Waals surface area contributed by atoms with Gasteiger partial charge in [0.15, 0.2) is 0 Å². The Hall–Kier alpha value is -1.39. The summed E-state index contributed by atoms with van der Waals surface area (Å²) in [5.41, 5.74) is 9.11. The zero-order valence-electron chi connectivity index (χ0n) is 11.8. The van der Waals surface area contributed by atoms with Crippen LogP contribution in [0.2, 0.25) is 0 Å². The summed E-state index contributed by atoms with van der Waals surface area (Å²) in [5.74, 6) is 0.119. The number of aryl methyl sites for hydroxylation is 1. The van der Waals surface area contributed by atoms with Crippen molar-refractivity contribution in [3.05, 3.63) is 29.3 Å². The third-order valence-corrected chi connectivity index (χ3v) is 3.83. The van der Waals surface area contributed by atoms with Gasteiger partial charge in [-0.2, -0.15) is 0 Å².